The summed E-state index contributed by atoms with van der Waals surface area (Å²) in [7, 11) is 1.05. The van der Waals surface area contributed by atoms with E-state index in [1.54, 1.807) is 36.4 Å². The number of nitrogens with one attached hydrogen (secondary N) is 2. The first-order chi connectivity index (χ1) is 16.3. The summed E-state index contributed by atoms with van der Waals surface area (Å²) in [5.41, 5.74) is 2.84. The molecular weight excluding hydrogens is 456 g/mol. The molecule has 3 rings (SSSR count). The number of amides is 1. The number of benzene rings is 3. The minimum absolute atomic E-state index is 0.103. The van der Waals surface area contributed by atoms with Gasteiger partial charge in [0.25, 0.3) is 5.91 Å². The molecule has 0 fully saturated rings. The van der Waals surface area contributed by atoms with Crippen molar-refractivity contribution in [1.29, 1.82) is 0 Å². The van der Waals surface area contributed by atoms with Crippen molar-refractivity contribution >= 4 is 15.9 Å². The topological polar surface area (TPSA) is 103 Å². The number of sulfonamides is 1. The summed E-state index contributed by atoms with van der Waals surface area (Å²) in [6.07, 6.45) is 0. The fourth-order valence-electron chi connectivity index (χ4n) is 3.21. The maximum absolute atomic E-state index is 12.8. The zero-order valence-corrected chi connectivity index (χ0v) is 20.1. The maximum Gasteiger partial charge on any atom is 0.251 e. The third-order valence-corrected chi connectivity index (χ3v) is 6.43. The van der Waals surface area contributed by atoms with Crippen LogP contribution in [0.1, 0.15) is 27.0 Å². The van der Waals surface area contributed by atoms with Gasteiger partial charge in [0.15, 0.2) is 11.5 Å². The number of rotatable bonds is 11. The number of methoxy groups -OCH3 is 2. The van der Waals surface area contributed by atoms with E-state index in [1.807, 2.05) is 30.3 Å². The first kappa shape index (κ1) is 25.1. The summed E-state index contributed by atoms with van der Waals surface area (Å²) in [6, 6.07) is 19.9. The number of ether oxygens (including phenoxy) is 3. The monoisotopic (exact) mass is 484 g/mol. The highest BCUT2D eigenvalue weighted by Crippen LogP contribution is 2.39. The van der Waals surface area contributed by atoms with Gasteiger partial charge in [0.1, 0.15) is 6.61 Å². The number of carbonyl (C=O) groups is 1. The van der Waals surface area contributed by atoms with Crippen LogP contribution in [0.4, 0.5) is 0 Å². The summed E-state index contributed by atoms with van der Waals surface area (Å²) in [4.78, 5) is 12.8. The van der Waals surface area contributed by atoms with Gasteiger partial charge in [0.05, 0.1) is 20.0 Å². The van der Waals surface area contributed by atoms with Crippen LogP contribution < -0.4 is 24.2 Å². The summed E-state index contributed by atoms with van der Waals surface area (Å²) < 4.78 is 42.5. The SMILES string of the molecule is CNS(=O)(=O)Cc1ccc(CNC(=O)c2cc(OC)c(OCc3ccccc3)c(OC)c2)cc1. The first-order valence-electron chi connectivity index (χ1n) is 10.5. The molecule has 0 atom stereocenters. The van der Waals surface area contributed by atoms with Gasteiger partial charge < -0.3 is 19.5 Å². The smallest absolute Gasteiger partial charge is 0.251 e. The van der Waals surface area contributed by atoms with E-state index in [9.17, 15) is 13.2 Å². The molecule has 3 aromatic rings. The standard InChI is InChI=1S/C25H28N2O6S/c1-26-34(29,30)17-20-11-9-18(10-12-20)15-27-25(28)21-13-22(31-2)24(23(14-21)32-3)33-16-19-7-5-4-6-8-19/h4-14,26H,15-17H2,1-3H3,(H,27,28). The van der Waals surface area contributed by atoms with Crippen LogP contribution in [0, 0.1) is 0 Å². The summed E-state index contributed by atoms with van der Waals surface area (Å²) in [5.74, 6) is 0.769. The summed E-state index contributed by atoms with van der Waals surface area (Å²) in [6.45, 7) is 0.597. The molecule has 0 aromatic heterocycles. The third-order valence-electron chi connectivity index (χ3n) is 5.09. The van der Waals surface area contributed by atoms with Crippen LogP contribution >= 0.6 is 0 Å². The average Bonchev–Trinajstić information content (AvgIpc) is 2.86. The van der Waals surface area contributed by atoms with Gasteiger partial charge >= 0.3 is 0 Å². The van der Waals surface area contributed by atoms with Crippen LogP contribution in [0.15, 0.2) is 66.7 Å². The van der Waals surface area contributed by atoms with Crippen LogP contribution in [0.2, 0.25) is 0 Å². The molecule has 0 bridgehead atoms. The van der Waals surface area contributed by atoms with Crippen molar-refractivity contribution in [2.45, 2.75) is 18.9 Å². The number of hydrogen-bond donors (Lipinski definition) is 2. The molecule has 0 saturated heterocycles. The van der Waals surface area contributed by atoms with Gasteiger partial charge in [-0.1, -0.05) is 54.6 Å². The van der Waals surface area contributed by atoms with Crippen LogP contribution in [-0.2, 0) is 28.9 Å². The van der Waals surface area contributed by atoms with Crippen molar-refractivity contribution in [3.05, 3.63) is 89.0 Å². The minimum Gasteiger partial charge on any atom is -0.493 e. The lowest BCUT2D eigenvalue weighted by molar-refractivity contribution is 0.0950. The zero-order chi connectivity index (χ0) is 24.6. The van der Waals surface area contributed by atoms with E-state index in [1.165, 1.54) is 21.3 Å². The van der Waals surface area contributed by atoms with Gasteiger partial charge in [0.2, 0.25) is 15.8 Å². The molecule has 34 heavy (non-hydrogen) atoms. The second-order valence-corrected chi connectivity index (χ2v) is 9.37. The van der Waals surface area contributed by atoms with Crippen LogP contribution in [0.25, 0.3) is 0 Å². The molecule has 0 radical (unpaired) electrons. The molecule has 9 heteroatoms. The van der Waals surface area contributed by atoms with E-state index in [-0.39, 0.29) is 18.2 Å². The molecule has 180 valence electrons. The Morgan fingerprint density at radius 2 is 1.44 bits per heavy atom. The van der Waals surface area contributed by atoms with E-state index < -0.39 is 10.0 Å². The minimum atomic E-state index is -3.34. The Morgan fingerprint density at radius 3 is 2.00 bits per heavy atom. The van der Waals surface area contributed by atoms with Crippen molar-refractivity contribution < 1.29 is 27.4 Å². The Kier molecular flexibility index (Phi) is 8.50. The molecule has 0 aliphatic carbocycles. The quantitative estimate of drug-likeness (QED) is 0.433. The van der Waals surface area contributed by atoms with Crippen molar-refractivity contribution in [2.24, 2.45) is 0 Å². The van der Waals surface area contributed by atoms with Gasteiger partial charge in [-0.2, -0.15) is 0 Å². The molecular formula is C25H28N2O6S. The highest BCUT2D eigenvalue weighted by Gasteiger charge is 2.18. The Hall–Kier alpha value is -3.56. The lowest BCUT2D eigenvalue weighted by Gasteiger charge is -2.16. The molecule has 3 aromatic carbocycles. The molecule has 2 N–H and O–H groups in total. The van der Waals surface area contributed by atoms with Crippen LogP contribution in [0.3, 0.4) is 0 Å². The molecule has 0 saturated carbocycles. The normalized spacial score (nSPS) is 11.0. The zero-order valence-electron chi connectivity index (χ0n) is 19.3. The first-order valence-corrected chi connectivity index (χ1v) is 12.2. The Labute approximate surface area is 199 Å². The second kappa shape index (κ2) is 11.5. The van der Waals surface area contributed by atoms with Crippen molar-refractivity contribution in [1.82, 2.24) is 10.0 Å². The van der Waals surface area contributed by atoms with E-state index >= 15 is 0 Å². The van der Waals surface area contributed by atoms with Gasteiger partial charge in [-0.3, -0.25) is 4.79 Å². The predicted molar refractivity (Wildman–Crippen MR) is 130 cm³/mol. The van der Waals surface area contributed by atoms with Crippen molar-refractivity contribution in [3.63, 3.8) is 0 Å². The number of carbonyl (C=O) groups excluding carboxylic acids is 1. The molecule has 0 aliphatic heterocycles. The molecule has 0 aliphatic rings. The summed E-state index contributed by atoms with van der Waals surface area (Å²) >= 11 is 0. The van der Waals surface area contributed by atoms with Gasteiger partial charge in [-0.05, 0) is 35.9 Å². The van der Waals surface area contributed by atoms with Crippen LogP contribution in [0.5, 0.6) is 17.2 Å². The third kappa shape index (κ3) is 6.72. The molecule has 0 unspecified atom stereocenters. The lowest BCUT2D eigenvalue weighted by atomic mass is 10.1. The Bertz CT molecular complexity index is 1190. The number of hydrogen-bond acceptors (Lipinski definition) is 6. The van der Waals surface area contributed by atoms with E-state index in [0.717, 1.165) is 11.1 Å². The highest BCUT2D eigenvalue weighted by atomic mass is 32.2. The highest BCUT2D eigenvalue weighted by molar-refractivity contribution is 7.88. The van der Waals surface area contributed by atoms with E-state index in [2.05, 4.69) is 10.0 Å². The van der Waals surface area contributed by atoms with Gasteiger partial charge in [0, 0.05) is 12.1 Å². The Balaban J connectivity index is 1.68. The van der Waals surface area contributed by atoms with E-state index in [0.29, 0.717) is 35.0 Å². The average molecular weight is 485 g/mol. The lowest BCUT2D eigenvalue weighted by Crippen LogP contribution is -2.23. The van der Waals surface area contributed by atoms with E-state index in [4.69, 9.17) is 14.2 Å². The second-order valence-electron chi connectivity index (χ2n) is 7.45. The van der Waals surface area contributed by atoms with Crippen molar-refractivity contribution in [2.75, 3.05) is 21.3 Å². The predicted octanol–water partition coefficient (Wildman–Crippen LogP) is 3.26. The fourth-order valence-corrected chi connectivity index (χ4v) is 3.99. The fraction of sp³-hybridized carbons (Fsp3) is 0.240. The van der Waals surface area contributed by atoms with Gasteiger partial charge in [-0.25, -0.2) is 13.1 Å². The molecule has 8 nitrogen and oxygen atoms in total. The molecule has 0 heterocycles. The molecule has 1 amide bonds. The summed E-state index contributed by atoms with van der Waals surface area (Å²) in [5, 5.41) is 2.85. The maximum atomic E-state index is 12.8. The van der Waals surface area contributed by atoms with Crippen LogP contribution in [-0.4, -0.2) is 35.6 Å². The molecule has 0 spiro atoms. The van der Waals surface area contributed by atoms with Crippen molar-refractivity contribution in [3.8, 4) is 17.2 Å². The Morgan fingerprint density at radius 1 is 0.853 bits per heavy atom. The van der Waals surface area contributed by atoms with Gasteiger partial charge in [-0.15, -0.1) is 0 Å². The largest absolute Gasteiger partial charge is 0.493 e.